The molecule has 1 rings (SSSR count). The summed E-state index contributed by atoms with van der Waals surface area (Å²) in [5.41, 5.74) is 0. The molecule has 20 heavy (non-hydrogen) atoms. The third-order valence-corrected chi connectivity index (χ3v) is 3.76. The van der Waals surface area contributed by atoms with E-state index in [4.69, 9.17) is 9.73 Å². The molecule has 1 aliphatic rings. The van der Waals surface area contributed by atoms with E-state index in [0.717, 1.165) is 25.6 Å². The third-order valence-electron chi connectivity index (χ3n) is 3.76. The Morgan fingerprint density at radius 1 is 1.25 bits per heavy atom. The summed E-state index contributed by atoms with van der Waals surface area (Å²) in [5, 5.41) is 6.59. The number of aliphatic imine (C=N–C) groups is 1. The van der Waals surface area contributed by atoms with Gasteiger partial charge in [0.1, 0.15) is 0 Å². The van der Waals surface area contributed by atoms with Gasteiger partial charge in [-0.2, -0.15) is 0 Å². The van der Waals surface area contributed by atoms with Gasteiger partial charge in [0, 0.05) is 26.2 Å². The summed E-state index contributed by atoms with van der Waals surface area (Å²) in [5.74, 6) is 1.54. The molecule has 1 unspecified atom stereocenters. The van der Waals surface area contributed by atoms with Crippen molar-refractivity contribution in [1.29, 1.82) is 0 Å². The maximum absolute atomic E-state index is 5.06. The minimum absolute atomic E-state index is 0.551. The van der Waals surface area contributed by atoms with Gasteiger partial charge in [0.15, 0.2) is 5.96 Å². The van der Waals surface area contributed by atoms with E-state index in [9.17, 15) is 0 Å². The van der Waals surface area contributed by atoms with Gasteiger partial charge in [0.2, 0.25) is 0 Å². The highest BCUT2D eigenvalue weighted by molar-refractivity contribution is 5.79. The highest BCUT2D eigenvalue weighted by Crippen LogP contribution is 2.17. The van der Waals surface area contributed by atoms with E-state index in [1.54, 1.807) is 7.11 Å². The summed E-state index contributed by atoms with van der Waals surface area (Å²) in [6.45, 7) is 12.4. The fourth-order valence-electron chi connectivity index (χ4n) is 2.62. The van der Waals surface area contributed by atoms with E-state index < -0.39 is 0 Å². The molecule has 1 atom stereocenters. The Bertz CT molecular complexity index is 275. The van der Waals surface area contributed by atoms with Gasteiger partial charge >= 0.3 is 0 Å². The maximum Gasteiger partial charge on any atom is 0.191 e. The number of rotatable bonds is 8. The van der Waals surface area contributed by atoms with Gasteiger partial charge in [-0.05, 0) is 38.8 Å². The molecule has 0 aromatic heterocycles. The summed E-state index contributed by atoms with van der Waals surface area (Å²) in [4.78, 5) is 7.34. The van der Waals surface area contributed by atoms with E-state index >= 15 is 0 Å². The lowest BCUT2D eigenvalue weighted by atomic mass is 10.0. The maximum atomic E-state index is 5.06. The second kappa shape index (κ2) is 10.00. The summed E-state index contributed by atoms with van der Waals surface area (Å²) in [6, 6.07) is 0.551. The topological polar surface area (TPSA) is 48.9 Å². The number of nitrogens with zero attached hydrogens (tertiary/aromatic N) is 2. The molecule has 118 valence electrons. The average Bonchev–Trinajstić information content (AvgIpc) is 2.92. The molecule has 0 bridgehead atoms. The Morgan fingerprint density at radius 3 is 2.50 bits per heavy atom. The Balaban J connectivity index is 2.52. The average molecular weight is 284 g/mol. The minimum Gasteiger partial charge on any atom is -0.383 e. The van der Waals surface area contributed by atoms with Gasteiger partial charge in [-0.15, -0.1) is 0 Å². The largest absolute Gasteiger partial charge is 0.383 e. The zero-order chi connectivity index (χ0) is 14.8. The number of nitrogens with one attached hydrogen (secondary N) is 2. The molecule has 0 spiro atoms. The molecule has 0 amide bonds. The molecular weight excluding hydrogens is 252 g/mol. The van der Waals surface area contributed by atoms with Crippen LogP contribution in [0.5, 0.6) is 0 Å². The van der Waals surface area contributed by atoms with Crippen LogP contribution < -0.4 is 10.6 Å². The van der Waals surface area contributed by atoms with Crippen LogP contribution in [0.2, 0.25) is 0 Å². The van der Waals surface area contributed by atoms with Crippen LogP contribution in [0.25, 0.3) is 0 Å². The number of ether oxygens (including phenoxy) is 1. The van der Waals surface area contributed by atoms with Crippen molar-refractivity contribution in [3.8, 4) is 0 Å². The van der Waals surface area contributed by atoms with Crippen LogP contribution in [0.15, 0.2) is 4.99 Å². The molecule has 1 fully saturated rings. The van der Waals surface area contributed by atoms with Crippen LogP contribution in [-0.4, -0.2) is 63.3 Å². The molecule has 5 nitrogen and oxygen atoms in total. The smallest absolute Gasteiger partial charge is 0.191 e. The molecule has 1 aliphatic heterocycles. The highest BCUT2D eigenvalue weighted by atomic mass is 16.5. The van der Waals surface area contributed by atoms with Crippen LogP contribution in [0.3, 0.4) is 0 Å². The monoisotopic (exact) mass is 284 g/mol. The zero-order valence-corrected chi connectivity index (χ0v) is 13.6. The standard InChI is InChI=1S/C15H32N4O/c1-5-16-15(17-8-11-20-4)18-12-14(13(2)3)19-9-6-7-10-19/h13-14H,5-12H2,1-4H3,(H2,16,17,18). The number of hydrogen-bond acceptors (Lipinski definition) is 3. The van der Waals surface area contributed by atoms with Gasteiger partial charge in [-0.1, -0.05) is 13.8 Å². The van der Waals surface area contributed by atoms with E-state index in [2.05, 4.69) is 36.3 Å². The van der Waals surface area contributed by atoms with Crippen molar-refractivity contribution in [3.63, 3.8) is 0 Å². The molecule has 0 saturated carbocycles. The Morgan fingerprint density at radius 2 is 1.95 bits per heavy atom. The summed E-state index contributed by atoms with van der Waals surface area (Å²) >= 11 is 0. The second-order valence-corrected chi connectivity index (χ2v) is 5.69. The lowest BCUT2D eigenvalue weighted by Gasteiger charge is -2.29. The summed E-state index contributed by atoms with van der Waals surface area (Å²) in [7, 11) is 1.72. The molecule has 0 aromatic rings. The van der Waals surface area contributed by atoms with Crippen LogP contribution >= 0.6 is 0 Å². The highest BCUT2D eigenvalue weighted by Gasteiger charge is 2.24. The molecular formula is C15H32N4O. The van der Waals surface area contributed by atoms with Crippen molar-refractivity contribution in [2.24, 2.45) is 10.9 Å². The Kier molecular flexibility index (Phi) is 8.62. The molecule has 1 heterocycles. The molecule has 0 aliphatic carbocycles. The first-order valence-electron chi connectivity index (χ1n) is 7.94. The van der Waals surface area contributed by atoms with Gasteiger partial charge in [0.05, 0.1) is 13.2 Å². The lowest BCUT2D eigenvalue weighted by Crippen LogP contribution is -2.42. The minimum atomic E-state index is 0.551. The van der Waals surface area contributed by atoms with Crippen molar-refractivity contribution >= 4 is 5.96 Å². The van der Waals surface area contributed by atoms with E-state index in [-0.39, 0.29) is 0 Å². The molecule has 2 N–H and O–H groups in total. The second-order valence-electron chi connectivity index (χ2n) is 5.69. The number of likely N-dealkylation sites (tertiary alicyclic amines) is 1. The van der Waals surface area contributed by atoms with Crippen molar-refractivity contribution in [2.45, 2.75) is 39.7 Å². The van der Waals surface area contributed by atoms with Gasteiger partial charge in [0.25, 0.3) is 0 Å². The van der Waals surface area contributed by atoms with Crippen molar-refractivity contribution in [2.75, 3.05) is 46.4 Å². The SMILES string of the molecule is CCNC(=NCC(C(C)C)N1CCCC1)NCCOC. The molecule has 5 heteroatoms. The first-order valence-corrected chi connectivity index (χ1v) is 7.94. The molecule has 1 saturated heterocycles. The van der Waals surface area contributed by atoms with E-state index in [1.807, 2.05) is 0 Å². The first-order chi connectivity index (χ1) is 9.69. The Labute approximate surface area is 124 Å². The predicted octanol–water partition coefficient (Wildman–Crippen LogP) is 1.31. The summed E-state index contributed by atoms with van der Waals surface area (Å²) in [6.07, 6.45) is 2.66. The van der Waals surface area contributed by atoms with Crippen molar-refractivity contribution < 1.29 is 4.74 Å². The normalized spacial score (nSPS) is 18.6. The van der Waals surface area contributed by atoms with Crippen LogP contribution in [0.1, 0.15) is 33.6 Å². The number of methoxy groups -OCH3 is 1. The molecule has 0 aromatic carbocycles. The third kappa shape index (κ3) is 6.09. The van der Waals surface area contributed by atoms with Gasteiger partial charge in [-0.25, -0.2) is 0 Å². The van der Waals surface area contributed by atoms with Crippen LogP contribution in [0.4, 0.5) is 0 Å². The van der Waals surface area contributed by atoms with Crippen molar-refractivity contribution in [1.82, 2.24) is 15.5 Å². The quantitative estimate of drug-likeness (QED) is 0.401. The fraction of sp³-hybridized carbons (Fsp3) is 0.933. The van der Waals surface area contributed by atoms with E-state index in [1.165, 1.54) is 25.9 Å². The van der Waals surface area contributed by atoms with Gasteiger partial charge in [-0.3, -0.25) is 9.89 Å². The Hall–Kier alpha value is -0.810. The molecule has 0 radical (unpaired) electrons. The lowest BCUT2D eigenvalue weighted by molar-refractivity contribution is 0.197. The summed E-state index contributed by atoms with van der Waals surface area (Å²) < 4.78 is 5.06. The number of hydrogen-bond donors (Lipinski definition) is 2. The first kappa shape index (κ1) is 17.2. The van der Waals surface area contributed by atoms with Crippen LogP contribution in [0, 0.1) is 5.92 Å². The predicted molar refractivity (Wildman–Crippen MR) is 85.3 cm³/mol. The fourth-order valence-corrected chi connectivity index (χ4v) is 2.62. The van der Waals surface area contributed by atoms with E-state index in [0.29, 0.717) is 18.6 Å². The number of guanidine groups is 1. The van der Waals surface area contributed by atoms with Crippen molar-refractivity contribution in [3.05, 3.63) is 0 Å². The van der Waals surface area contributed by atoms with Gasteiger partial charge < -0.3 is 15.4 Å². The zero-order valence-electron chi connectivity index (χ0n) is 13.6. The van der Waals surface area contributed by atoms with Crippen LogP contribution in [-0.2, 0) is 4.74 Å².